The van der Waals surface area contributed by atoms with Crippen LogP contribution < -0.4 is 0 Å². The molecule has 16 heavy (non-hydrogen) atoms. The van der Waals surface area contributed by atoms with Gasteiger partial charge in [0.15, 0.2) is 0 Å². The first-order valence-corrected chi connectivity index (χ1v) is 6.66. The molecule has 0 spiro atoms. The lowest BCUT2D eigenvalue weighted by atomic mass is 10.1. The molecule has 0 unspecified atom stereocenters. The van der Waals surface area contributed by atoms with Gasteiger partial charge in [0.25, 0.3) is 0 Å². The zero-order valence-electron chi connectivity index (χ0n) is 9.61. The first-order chi connectivity index (χ1) is 7.66. The Morgan fingerprint density at radius 2 is 1.62 bits per heavy atom. The van der Waals surface area contributed by atoms with Crippen molar-refractivity contribution in [3.05, 3.63) is 12.7 Å². The van der Waals surface area contributed by atoms with Gasteiger partial charge in [0.2, 0.25) is 5.12 Å². The fourth-order valence-electron chi connectivity index (χ4n) is 1.32. The molecule has 1 N–H and O–H groups in total. The molecule has 0 aliphatic carbocycles. The van der Waals surface area contributed by atoms with Crippen molar-refractivity contribution < 1.29 is 14.7 Å². The van der Waals surface area contributed by atoms with Gasteiger partial charge in [-0.3, -0.25) is 9.59 Å². The number of rotatable bonds is 10. The molecule has 0 aromatic heterocycles. The molecular weight excluding hydrogens is 224 g/mol. The summed E-state index contributed by atoms with van der Waals surface area (Å²) in [4.78, 5) is 21.1. The van der Waals surface area contributed by atoms with E-state index in [9.17, 15) is 9.59 Å². The Hall–Kier alpha value is -0.770. The standard InChI is InChI=1S/C12H20O3S/c1-2-12(15)16-10-8-6-4-3-5-7-9-11(13)14/h2H,1,3-10H2,(H,13,14). The maximum atomic E-state index is 10.8. The Kier molecular flexibility index (Phi) is 10.2. The van der Waals surface area contributed by atoms with Crippen LogP contribution in [0.1, 0.15) is 44.9 Å². The third-order valence-corrected chi connectivity index (χ3v) is 3.14. The summed E-state index contributed by atoms with van der Waals surface area (Å²) in [6.45, 7) is 3.41. The summed E-state index contributed by atoms with van der Waals surface area (Å²) in [5.74, 6) is 0.152. The summed E-state index contributed by atoms with van der Waals surface area (Å²) in [5.41, 5.74) is 0. The lowest BCUT2D eigenvalue weighted by Gasteiger charge is -2.00. The van der Waals surface area contributed by atoms with Gasteiger partial charge in [-0.1, -0.05) is 44.0 Å². The van der Waals surface area contributed by atoms with E-state index in [-0.39, 0.29) is 11.5 Å². The van der Waals surface area contributed by atoms with Crippen molar-refractivity contribution in [2.45, 2.75) is 44.9 Å². The summed E-state index contributed by atoms with van der Waals surface area (Å²) in [6, 6.07) is 0. The van der Waals surface area contributed by atoms with Gasteiger partial charge in [0.1, 0.15) is 0 Å². The molecule has 0 saturated heterocycles. The number of carboxylic acids is 1. The van der Waals surface area contributed by atoms with Gasteiger partial charge in [-0.05, 0) is 18.9 Å². The summed E-state index contributed by atoms with van der Waals surface area (Å²) < 4.78 is 0. The second-order valence-electron chi connectivity index (χ2n) is 3.64. The minimum atomic E-state index is -0.709. The van der Waals surface area contributed by atoms with Crippen LogP contribution in [0.4, 0.5) is 0 Å². The lowest BCUT2D eigenvalue weighted by Crippen LogP contribution is -1.93. The maximum absolute atomic E-state index is 10.8. The van der Waals surface area contributed by atoms with Crippen molar-refractivity contribution in [1.82, 2.24) is 0 Å². The van der Waals surface area contributed by atoms with Crippen LogP contribution in [0.3, 0.4) is 0 Å². The highest BCUT2D eigenvalue weighted by Crippen LogP contribution is 2.11. The average Bonchev–Trinajstić information content (AvgIpc) is 2.26. The summed E-state index contributed by atoms with van der Waals surface area (Å²) in [7, 11) is 0. The third kappa shape index (κ3) is 11.3. The van der Waals surface area contributed by atoms with Gasteiger partial charge in [-0.15, -0.1) is 0 Å². The summed E-state index contributed by atoms with van der Waals surface area (Å²) in [5, 5.41) is 8.46. The van der Waals surface area contributed by atoms with Gasteiger partial charge in [0, 0.05) is 12.2 Å². The highest BCUT2D eigenvalue weighted by Gasteiger charge is 1.98. The first-order valence-electron chi connectivity index (χ1n) is 5.68. The van der Waals surface area contributed by atoms with E-state index >= 15 is 0 Å². The molecule has 0 rings (SSSR count). The number of thioether (sulfide) groups is 1. The van der Waals surface area contributed by atoms with Crippen LogP contribution >= 0.6 is 11.8 Å². The number of carboxylic acid groups (broad SMARTS) is 1. The Morgan fingerprint density at radius 1 is 1.06 bits per heavy atom. The Labute approximate surface area is 101 Å². The molecule has 0 atom stereocenters. The molecule has 0 aromatic carbocycles. The molecule has 0 aromatic rings. The predicted molar refractivity (Wildman–Crippen MR) is 67.6 cm³/mol. The number of aliphatic carboxylic acids is 1. The molecule has 0 aliphatic rings. The van der Waals surface area contributed by atoms with Crippen LogP contribution in [-0.4, -0.2) is 21.9 Å². The van der Waals surface area contributed by atoms with Crippen molar-refractivity contribution in [3.8, 4) is 0 Å². The van der Waals surface area contributed by atoms with Crippen LogP contribution in [0.5, 0.6) is 0 Å². The van der Waals surface area contributed by atoms with Gasteiger partial charge in [0.05, 0.1) is 0 Å². The van der Waals surface area contributed by atoms with Crippen LogP contribution in [0, 0.1) is 0 Å². The quantitative estimate of drug-likeness (QED) is 0.473. The molecule has 0 heterocycles. The molecule has 4 heteroatoms. The van der Waals surface area contributed by atoms with Crippen molar-refractivity contribution in [3.63, 3.8) is 0 Å². The van der Waals surface area contributed by atoms with E-state index in [1.54, 1.807) is 0 Å². The summed E-state index contributed by atoms with van der Waals surface area (Å²) in [6.07, 6.45) is 7.77. The van der Waals surface area contributed by atoms with Gasteiger partial charge in [-0.2, -0.15) is 0 Å². The van der Waals surface area contributed by atoms with E-state index in [1.807, 2.05) is 0 Å². The monoisotopic (exact) mass is 244 g/mol. The fraction of sp³-hybridized carbons (Fsp3) is 0.667. The Morgan fingerprint density at radius 3 is 2.19 bits per heavy atom. The summed E-state index contributed by atoms with van der Waals surface area (Å²) >= 11 is 1.31. The lowest BCUT2D eigenvalue weighted by molar-refractivity contribution is -0.137. The van der Waals surface area contributed by atoms with Crippen LogP contribution in [0.2, 0.25) is 0 Å². The normalized spacial score (nSPS) is 10.0. The number of hydrogen-bond acceptors (Lipinski definition) is 3. The smallest absolute Gasteiger partial charge is 0.303 e. The van der Waals surface area contributed by atoms with E-state index in [0.717, 1.165) is 44.3 Å². The fourth-order valence-corrected chi connectivity index (χ4v) is 1.98. The Balaban J connectivity index is 3.07. The second kappa shape index (κ2) is 10.7. The zero-order valence-corrected chi connectivity index (χ0v) is 10.4. The molecule has 0 saturated carbocycles. The first kappa shape index (κ1) is 15.2. The zero-order chi connectivity index (χ0) is 12.2. The number of carbonyl (C=O) groups excluding carboxylic acids is 1. The van der Waals surface area contributed by atoms with Crippen molar-refractivity contribution >= 4 is 22.8 Å². The molecule has 3 nitrogen and oxygen atoms in total. The van der Waals surface area contributed by atoms with Gasteiger partial charge < -0.3 is 5.11 Å². The van der Waals surface area contributed by atoms with Crippen molar-refractivity contribution in [2.24, 2.45) is 0 Å². The van der Waals surface area contributed by atoms with E-state index in [4.69, 9.17) is 5.11 Å². The SMILES string of the molecule is C=CC(=O)SCCCCCCCCC(=O)O. The number of unbranched alkanes of at least 4 members (excludes halogenated alkanes) is 5. The van der Waals surface area contributed by atoms with Crippen LogP contribution in [-0.2, 0) is 9.59 Å². The number of carbonyl (C=O) groups is 2. The van der Waals surface area contributed by atoms with Crippen LogP contribution in [0.15, 0.2) is 12.7 Å². The molecule has 0 aliphatic heterocycles. The molecule has 0 amide bonds. The van der Waals surface area contributed by atoms with Crippen molar-refractivity contribution in [1.29, 1.82) is 0 Å². The number of hydrogen-bond donors (Lipinski definition) is 1. The van der Waals surface area contributed by atoms with Crippen molar-refractivity contribution in [2.75, 3.05) is 5.75 Å². The van der Waals surface area contributed by atoms with E-state index in [0.29, 0.717) is 0 Å². The van der Waals surface area contributed by atoms with Crippen LogP contribution in [0.25, 0.3) is 0 Å². The predicted octanol–water partition coefficient (Wildman–Crippen LogP) is 3.25. The third-order valence-electron chi connectivity index (χ3n) is 2.20. The minimum absolute atomic E-state index is 0.0430. The average molecular weight is 244 g/mol. The second-order valence-corrected chi connectivity index (χ2v) is 4.74. The van der Waals surface area contributed by atoms with E-state index in [1.165, 1.54) is 17.8 Å². The topological polar surface area (TPSA) is 54.4 Å². The minimum Gasteiger partial charge on any atom is -0.481 e. The van der Waals surface area contributed by atoms with E-state index < -0.39 is 5.97 Å². The maximum Gasteiger partial charge on any atom is 0.303 e. The molecule has 0 fully saturated rings. The molecule has 0 bridgehead atoms. The highest BCUT2D eigenvalue weighted by molar-refractivity contribution is 8.14. The largest absolute Gasteiger partial charge is 0.481 e. The highest BCUT2D eigenvalue weighted by atomic mass is 32.2. The molecular formula is C12H20O3S. The van der Waals surface area contributed by atoms with E-state index in [2.05, 4.69) is 6.58 Å². The van der Waals surface area contributed by atoms with Gasteiger partial charge >= 0.3 is 5.97 Å². The van der Waals surface area contributed by atoms with Gasteiger partial charge in [-0.25, -0.2) is 0 Å². The Bertz CT molecular complexity index is 226. The molecule has 0 radical (unpaired) electrons. The molecule has 92 valence electrons.